The van der Waals surface area contributed by atoms with E-state index in [0.29, 0.717) is 5.57 Å². The fraction of sp³-hybridized carbons (Fsp3) is 0.0667. The summed E-state index contributed by atoms with van der Waals surface area (Å²) < 4.78 is 32.6. The molecule has 0 aliphatic heterocycles. The van der Waals surface area contributed by atoms with Gasteiger partial charge in [-0.1, -0.05) is 48.5 Å². The molecule has 3 heteroatoms. The summed E-state index contributed by atoms with van der Waals surface area (Å²) in [5.74, 6) is 0. The molecular formula is C15H14O2S. The Morgan fingerprint density at radius 2 is 1.50 bits per heavy atom. The molecular weight excluding hydrogens is 244 g/mol. The van der Waals surface area contributed by atoms with E-state index >= 15 is 0 Å². The van der Waals surface area contributed by atoms with E-state index in [1.165, 1.54) is 12.1 Å². The smallest absolute Gasteiger partial charge is 0.200 e. The minimum Gasteiger partial charge on any atom is -0.219 e. The molecule has 18 heavy (non-hydrogen) atoms. The molecule has 2 aromatic carbocycles. The van der Waals surface area contributed by atoms with Crippen LogP contribution in [0.25, 0.3) is 5.57 Å². The van der Waals surface area contributed by atoms with Crippen molar-refractivity contribution in [2.24, 2.45) is 0 Å². The van der Waals surface area contributed by atoms with Crippen LogP contribution in [0.3, 0.4) is 0 Å². The zero-order valence-electron chi connectivity index (χ0n) is 11.0. The van der Waals surface area contributed by atoms with Gasteiger partial charge in [0.25, 0.3) is 0 Å². The Balaban J connectivity index is 2.53. The standard InChI is InChI=1S/C15H14O2S/c1-13(14-8-4-2-5-9-14)12-18(16,17)15-10-6-3-7-11-15/h2-12H,1H3/b13-12-/i12D. The molecule has 2 rings (SSSR count). The van der Waals surface area contributed by atoms with Crippen LogP contribution in [0.5, 0.6) is 0 Å². The van der Waals surface area contributed by atoms with Gasteiger partial charge in [0.2, 0.25) is 0 Å². The Labute approximate surface area is 109 Å². The van der Waals surface area contributed by atoms with Crippen molar-refractivity contribution in [3.63, 3.8) is 0 Å². The van der Waals surface area contributed by atoms with Crippen LogP contribution in [0.15, 0.2) is 70.9 Å². The minimum atomic E-state index is -3.74. The first-order valence-corrected chi connectivity index (χ1v) is 7.05. The van der Waals surface area contributed by atoms with Gasteiger partial charge in [-0.15, -0.1) is 0 Å². The highest BCUT2D eigenvalue weighted by atomic mass is 32.2. The van der Waals surface area contributed by atoms with Crippen molar-refractivity contribution in [2.75, 3.05) is 0 Å². The van der Waals surface area contributed by atoms with E-state index in [0.717, 1.165) is 5.56 Å². The summed E-state index contributed by atoms with van der Waals surface area (Å²) in [6.07, 6.45) is 0. The van der Waals surface area contributed by atoms with E-state index in [9.17, 15) is 8.42 Å². The average Bonchev–Trinajstić information content (AvgIpc) is 2.47. The van der Waals surface area contributed by atoms with Crippen LogP contribution in [-0.2, 0) is 9.84 Å². The Kier molecular flexibility index (Phi) is 3.24. The van der Waals surface area contributed by atoms with Crippen LogP contribution in [0.1, 0.15) is 13.9 Å². The molecule has 0 N–H and O–H groups in total. The van der Waals surface area contributed by atoms with Crippen LogP contribution in [0.4, 0.5) is 0 Å². The Hall–Kier alpha value is -1.87. The molecule has 0 saturated carbocycles. The second-order valence-corrected chi connectivity index (χ2v) is 5.59. The third-order valence-corrected chi connectivity index (χ3v) is 4.02. The molecule has 2 nitrogen and oxygen atoms in total. The zero-order chi connectivity index (χ0) is 13.9. The molecule has 92 valence electrons. The van der Waals surface area contributed by atoms with E-state index in [1.54, 1.807) is 37.3 Å². The lowest BCUT2D eigenvalue weighted by molar-refractivity contribution is 0.604. The molecule has 0 atom stereocenters. The van der Waals surface area contributed by atoms with Gasteiger partial charge in [0, 0.05) is 5.38 Å². The summed E-state index contributed by atoms with van der Waals surface area (Å²) in [5, 5.41) is -0.357. The average molecular weight is 259 g/mol. The molecule has 0 spiro atoms. The van der Waals surface area contributed by atoms with E-state index in [1.807, 2.05) is 18.2 Å². The van der Waals surface area contributed by atoms with Gasteiger partial charge in [0.15, 0.2) is 9.84 Å². The molecule has 0 aliphatic rings. The Bertz CT molecular complexity index is 689. The van der Waals surface area contributed by atoms with Gasteiger partial charge in [0.05, 0.1) is 6.27 Å². The minimum absolute atomic E-state index is 0.148. The summed E-state index contributed by atoms with van der Waals surface area (Å²) >= 11 is 0. The van der Waals surface area contributed by atoms with Crippen molar-refractivity contribution in [1.29, 1.82) is 0 Å². The highest BCUT2D eigenvalue weighted by Crippen LogP contribution is 2.19. The van der Waals surface area contributed by atoms with Crippen molar-refractivity contribution < 1.29 is 9.79 Å². The maximum atomic E-state index is 12.3. The lowest BCUT2D eigenvalue weighted by Crippen LogP contribution is -1.97. The molecule has 0 amide bonds. The number of rotatable bonds is 3. The lowest BCUT2D eigenvalue weighted by Gasteiger charge is -2.03. The second-order valence-electron chi connectivity index (χ2n) is 3.91. The zero-order valence-corrected chi connectivity index (χ0v) is 10.8. The normalized spacial score (nSPS) is 13.7. The predicted molar refractivity (Wildman–Crippen MR) is 73.7 cm³/mol. The highest BCUT2D eigenvalue weighted by Gasteiger charge is 2.11. The molecule has 0 radical (unpaired) electrons. The van der Waals surface area contributed by atoms with Gasteiger partial charge >= 0.3 is 0 Å². The highest BCUT2D eigenvalue weighted by molar-refractivity contribution is 7.94. The number of benzene rings is 2. The predicted octanol–water partition coefficient (Wildman–Crippen LogP) is 3.52. The first kappa shape index (κ1) is 11.2. The Morgan fingerprint density at radius 1 is 1.00 bits per heavy atom. The maximum absolute atomic E-state index is 12.3. The molecule has 0 unspecified atom stereocenters. The quantitative estimate of drug-likeness (QED) is 0.845. The van der Waals surface area contributed by atoms with Crippen LogP contribution < -0.4 is 0 Å². The van der Waals surface area contributed by atoms with Gasteiger partial charge in [-0.3, -0.25) is 0 Å². The van der Waals surface area contributed by atoms with Crippen LogP contribution in [0, 0.1) is 0 Å². The van der Waals surface area contributed by atoms with Gasteiger partial charge < -0.3 is 0 Å². The number of sulfone groups is 1. The molecule has 0 saturated heterocycles. The van der Waals surface area contributed by atoms with Gasteiger partial charge in [-0.05, 0) is 30.2 Å². The van der Waals surface area contributed by atoms with E-state index in [-0.39, 0.29) is 10.3 Å². The molecule has 0 fully saturated rings. The van der Waals surface area contributed by atoms with Crippen LogP contribution in [0.2, 0.25) is 0 Å². The number of hydrogen-bond donors (Lipinski definition) is 0. The summed E-state index contributed by atoms with van der Waals surface area (Å²) in [4.78, 5) is 0.148. The molecule has 0 aromatic heterocycles. The number of allylic oxidation sites excluding steroid dienone is 1. The summed E-state index contributed by atoms with van der Waals surface area (Å²) in [6.45, 7) is 1.65. The van der Waals surface area contributed by atoms with E-state index < -0.39 is 9.84 Å². The fourth-order valence-electron chi connectivity index (χ4n) is 1.61. The third-order valence-electron chi connectivity index (χ3n) is 2.55. The van der Waals surface area contributed by atoms with E-state index in [4.69, 9.17) is 1.37 Å². The third kappa shape index (κ3) is 2.87. The van der Waals surface area contributed by atoms with Crippen molar-refractivity contribution in [2.45, 2.75) is 11.8 Å². The van der Waals surface area contributed by atoms with Crippen molar-refractivity contribution in [1.82, 2.24) is 0 Å². The Morgan fingerprint density at radius 3 is 2.06 bits per heavy atom. The molecule has 0 heterocycles. The fourth-order valence-corrected chi connectivity index (χ4v) is 2.76. The number of hydrogen-bond acceptors (Lipinski definition) is 2. The molecule has 0 bridgehead atoms. The topological polar surface area (TPSA) is 34.1 Å². The van der Waals surface area contributed by atoms with Crippen molar-refractivity contribution >= 4 is 15.4 Å². The summed E-state index contributed by atoms with van der Waals surface area (Å²) in [7, 11) is -3.74. The first-order valence-electron chi connectivity index (χ1n) is 6.06. The van der Waals surface area contributed by atoms with Gasteiger partial charge in [-0.25, -0.2) is 8.42 Å². The summed E-state index contributed by atoms with van der Waals surface area (Å²) in [6, 6.07) is 17.1. The summed E-state index contributed by atoms with van der Waals surface area (Å²) in [5.41, 5.74) is 1.19. The molecule has 0 aliphatic carbocycles. The van der Waals surface area contributed by atoms with Crippen molar-refractivity contribution in [3.05, 3.63) is 71.6 Å². The second kappa shape index (κ2) is 5.19. The van der Waals surface area contributed by atoms with Gasteiger partial charge in [-0.2, -0.15) is 0 Å². The SMILES string of the molecule is [2H]/C(=C(\C)c1ccccc1)S(=O)(=O)c1ccccc1. The van der Waals surface area contributed by atoms with E-state index in [2.05, 4.69) is 0 Å². The van der Waals surface area contributed by atoms with Crippen molar-refractivity contribution in [3.8, 4) is 0 Å². The lowest BCUT2D eigenvalue weighted by atomic mass is 10.1. The first-order chi connectivity index (χ1) is 9.03. The maximum Gasteiger partial charge on any atom is 0.200 e. The monoisotopic (exact) mass is 259 g/mol. The largest absolute Gasteiger partial charge is 0.219 e. The van der Waals surface area contributed by atoms with Crippen LogP contribution >= 0.6 is 0 Å². The van der Waals surface area contributed by atoms with Crippen LogP contribution in [-0.4, -0.2) is 8.42 Å². The van der Waals surface area contributed by atoms with Gasteiger partial charge in [0.1, 0.15) is 0 Å². The molecule has 2 aromatic rings.